The SMILES string of the molecule is CC(C)CNC(=O)C1CSCN1C(=O)c1ccc(C(=O)O)nc1. The molecule has 1 aliphatic heterocycles. The summed E-state index contributed by atoms with van der Waals surface area (Å²) in [5, 5.41) is 11.7. The van der Waals surface area contributed by atoms with Crippen LogP contribution in [0.2, 0.25) is 0 Å². The van der Waals surface area contributed by atoms with Gasteiger partial charge in [0.1, 0.15) is 11.7 Å². The van der Waals surface area contributed by atoms with Gasteiger partial charge in [-0.3, -0.25) is 9.59 Å². The lowest BCUT2D eigenvalue weighted by atomic mass is 10.2. The fourth-order valence-electron chi connectivity index (χ4n) is 2.10. The van der Waals surface area contributed by atoms with Crippen molar-refractivity contribution in [1.29, 1.82) is 0 Å². The van der Waals surface area contributed by atoms with E-state index >= 15 is 0 Å². The molecular weight excluding hydrogens is 318 g/mol. The van der Waals surface area contributed by atoms with E-state index < -0.39 is 12.0 Å². The average Bonchev–Trinajstić information content (AvgIpc) is 3.01. The van der Waals surface area contributed by atoms with Crippen LogP contribution in [0.5, 0.6) is 0 Å². The van der Waals surface area contributed by atoms with Crippen LogP contribution in [0.4, 0.5) is 0 Å². The number of aromatic carboxylic acids is 1. The number of nitrogens with one attached hydrogen (secondary N) is 1. The molecule has 23 heavy (non-hydrogen) atoms. The van der Waals surface area contributed by atoms with Crippen LogP contribution < -0.4 is 5.32 Å². The Morgan fingerprint density at radius 2 is 2.17 bits per heavy atom. The highest BCUT2D eigenvalue weighted by molar-refractivity contribution is 7.99. The second-order valence-corrected chi connectivity index (χ2v) is 6.67. The van der Waals surface area contributed by atoms with Crippen molar-refractivity contribution in [1.82, 2.24) is 15.2 Å². The lowest BCUT2D eigenvalue weighted by Gasteiger charge is -2.23. The first kappa shape index (κ1) is 17.3. The molecule has 0 aromatic carbocycles. The number of carboxylic acids is 1. The van der Waals surface area contributed by atoms with Crippen molar-refractivity contribution >= 4 is 29.5 Å². The quantitative estimate of drug-likeness (QED) is 0.834. The average molecular weight is 337 g/mol. The Bertz CT molecular complexity index is 603. The summed E-state index contributed by atoms with van der Waals surface area (Å²) < 4.78 is 0. The Hall–Kier alpha value is -2.09. The van der Waals surface area contributed by atoms with Gasteiger partial charge >= 0.3 is 5.97 Å². The highest BCUT2D eigenvalue weighted by Crippen LogP contribution is 2.23. The molecule has 124 valence electrons. The first-order valence-electron chi connectivity index (χ1n) is 7.26. The van der Waals surface area contributed by atoms with Crippen LogP contribution in [-0.2, 0) is 4.79 Å². The molecule has 7 nitrogen and oxygen atoms in total. The fourth-order valence-corrected chi connectivity index (χ4v) is 3.25. The van der Waals surface area contributed by atoms with Gasteiger partial charge in [-0.05, 0) is 18.1 Å². The van der Waals surface area contributed by atoms with E-state index in [4.69, 9.17) is 5.11 Å². The highest BCUT2D eigenvalue weighted by Gasteiger charge is 2.35. The second kappa shape index (κ2) is 7.45. The molecule has 0 radical (unpaired) electrons. The summed E-state index contributed by atoms with van der Waals surface area (Å²) in [4.78, 5) is 40.8. The largest absolute Gasteiger partial charge is 0.477 e. The number of amides is 2. The minimum atomic E-state index is -1.15. The molecule has 1 unspecified atom stereocenters. The molecule has 1 aliphatic rings. The molecule has 1 saturated heterocycles. The third kappa shape index (κ3) is 4.22. The van der Waals surface area contributed by atoms with Crippen molar-refractivity contribution in [2.24, 2.45) is 5.92 Å². The minimum Gasteiger partial charge on any atom is -0.477 e. The number of rotatable bonds is 5. The zero-order valence-electron chi connectivity index (χ0n) is 13.0. The van der Waals surface area contributed by atoms with E-state index in [1.54, 1.807) is 0 Å². The summed E-state index contributed by atoms with van der Waals surface area (Å²) in [6.07, 6.45) is 1.23. The predicted molar refractivity (Wildman–Crippen MR) is 86.3 cm³/mol. The topological polar surface area (TPSA) is 99.6 Å². The lowest BCUT2D eigenvalue weighted by Crippen LogP contribution is -2.48. The van der Waals surface area contributed by atoms with Crippen molar-refractivity contribution in [3.05, 3.63) is 29.6 Å². The maximum Gasteiger partial charge on any atom is 0.354 e. The van der Waals surface area contributed by atoms with Gasteiger partial charge in [-0.2, -0.15) is 0 Å². The standard InChI is InChI=1S/C15H19N3O4S/c1-9(2)5-17-13(19)12-7-23-8-18(12)14(20)10-3-4-11(15(21)22)16-6-10/h3-4,6,9,12H,5,7-8H2,1-2H3,(H,17,19)(H,21,22). The van der Waals surface area contributed by atoms with Crippen LogP contribution in [0.25, 0.3) is 0 Å². The van der Waals surface area contributed by atoms with Crippen molar-refractivity contribution in [2.75, 3.05) is 18.2 Å². The molecule has 1 aromatic rings. The molecule has 0 bridgehead atoms. The number of nitrogens with zero attached hydrogens (tertiary/aromatic N) is 2. The molecule has 0 spiro atoms. The number of hydrogen-bond acceptors (Lipinski definition) is 5. The normalized spacial score (nSPS) is 17.3. The lowest BCUT2D eigenvalue weighted by molar-refractivity contribution is -0.124. The van der Waals surface area contributed by atoms with Crippen molar-refractivity contribution in [3.63, 3.8) is 0 Å². The Kier molecular flexibility index (Phi) is 5.59. The van der Waals surface area contributed by atoms with Gasteiger partial charge in [0.2, 0.25) is 5.91 Å². The smallest absolute Gasteiger partial charge is 0.354 e. The molecule has 0 aliphatic carbocycles. The van der Waals surface area contributed by atoms with Crippen LogP contribution in [0, 0.1) is 5.92 Å². The van der Waals surface area contributed by atoms with Gasteiger partial charge in [0.25, 0.3) is 5.91 Å². The molecule has 2 N–H and O–H groups in total. The Balaban J connectivity index is 2.08. The summed E-state index contributed by atoms with van der Waals surface area (Å²) >= 11 is 1.51. The highest BCUT2D eigenvalue weighted by atomic mass is 32.2. The first-order chi connectivity index (χ1) is 10.9. The number of thioether (sulfide) groups is 1. The zero-order valence-corrected chi connectivity index (χ0v) is 13.8. The van der Waals surface area contributed by atoms with Crippen LogP contribution >= 0.6 is 11.8 Å². The van der Waals surface area contributed by atoms with Gasteiger partial charge in [0, 0.05) is 18.5 Å². The van der Waals surface area contributed by atoms with E-state index in [0.717, 1.165) is 0 Å². The van der Waals surface area contributed by atoms with E-state index in [0.29, 0.717) is 24.1 Å². The van der Waals surface area contributed by atoms with Crippen molar-refractivity contribution in [2.45, 2.75) is 19.9 Å². The van der Waals surface area contributed by atoms with E-state index in [1.807, 2.05) is 13.8 Å². The predicted octanol–water partition coefficient (Wildman–Crippen LogP) is 1.07. The number of carbonyl (C=O) groups excluding carboxylic acids is 2. The maximum atomic E-state index is 12.5. The Labute approximate surface area is 138 Å². The van der Waals surface area contributed by atoms with E-state index in [2.05, 4.69) is 10.3 Å². The molecular formula is C15H19N3O4S. The molecule has 1 atom stereocenters. The molecule has 2 heterocycles. The molecule has 2 rings (SSSR count). The molecule has 1 fully saturated rings. The summed E-state index contributed by atoms with van der Waals surface area (Å²) in [5.41, 5.74) is 0.155. The van der Waals surface area contributed by atoms with Crippen molar-refractivity contribution < 1.29 is 19.5 Å². The third-order valence-electron chi connectivity index (χ3n) is 3.36. The number of carbonyl (C=O) groups is 3. The van der Waals surface area contributed by atoms with E-state index in [9.17, 15) is 14.4 Å². The number of pyridine rings is 1. The number of hydrogen-bond donors (Lipinski definition) is 2. The maximum absolute atomic E-state index is 12.5. The van der Waals surface area contributed by atoms with Gasteiger partial charge < -0.3 is 15.3 Å². The molecule has 8 heteroatoms. The van der Waals surface area contributed by atoms with Gasteiger partial charge in [-0.1, -0.05) is 13.8 Å². The zero-order chi connectivity index (χ0) is 17.0. The summed E-state index contributed by atoms with van der Waals surface area (Å²) in [6.45, 7) is 4.57. The Morgan fingerprint density at radius 3 is 2.74 bits per heavy atom. The van der Waals surface area contributed by atoms with Gasteiger partial charge in [-0.15, -0.1) is 11.8 Å². The van der Waals surface area contributed by atoms with Crippen LogP contribution in [0.1, 0.15) is 34.7 Å². The van der Waals surface area contributed by atoms with Gasteiger partial charge in [-0.25, -0.2) is 9.78 Å². The van der Waals surface area contributed by atoms with Crippen LogP contribution in [-0.4, -0.2) is 57.0 Å². The van der Waals surface area contributed by atoms with Crippen molar-refractivity contribution in [3.8, 4) is 0 Å². The monoisotopic (exact) mass is 337 g/mol. The first-order valence-corrected chi connectivity index (χ1v) is 8.41. The summed E-state index contributed by atoms with van der Waals surface area (Å²) in [6, 6.07) is 2.20. The summed E-state index contributed by atoms with van der Waals surface area (Å²) in [5.74, 6) is -0.303. The molecule has 1 aromatic heterocycles. The Morgan fingerprint density at radius 1 is 1.43 bits per heavy atom. The molecule has 0 saturated carbocycles. The second-order valence-electron chi connectivity index (χ2n) is 5.67. The fraction of sp³-hybridized carbons (Fsp3) is 0.467. The summed E-state index contributed by atoms with van der Waals surface area (Å²) in [7, 11) is 0. The van der Waals surface area contributed by atoms with Crippen LogP contribution in [0.3, 0.4) is 0 Å². The number of carboxylic acid groups (broad SMARTS) is 1. The van der Waals surface area contributed by atoms with E-state index in [1.165, 1.54) is 35.0 Å². The minimum absolute atomic E-state index is 0.122. The number of aromatic nitrogens is 1. The third-order valence-corrected chi connectivity index (χ3v) is 4.37. The molecule has 2 amide bonds. The van der Waals surface area contributed by atoms with Crippen LogP contribution in [0.15, 0.2) is 18.3 Å². The van der Waals surface area contributed by atoms with E-state index in [-0.39, 0.29) is 23.1 Å². The van der Waals surface area contributed by atoms with Gasteiger partial charge in [0.05, 0.1) is 11.4 Å². The van der Waals surface area contributed by atoms with Gasteiger partial charge in [0.15, 0.2) is 0 Å².